The summed E-state index contributed by atoms with van der Waals surface area (Å²) in [5.74, 6) is 0.264. The van der Waals surface area contributed by atoms with E-state index < -0.39 is 0 Å². The fraction of sp³-hybridized carbons (Fsp3) is 0.579. The quantitative estimate of drug-likeness (QED) is 0.349. The maximum absolute atomic E-state index is 11.7. The molecule has 1 rings (SSSR count). The van der Waals surface area contributed by atoms with Gasteiger partial charge in [0.15, 0.2) is 0 Å². The highest BCUT2D eigenvalue weighted by molar-refractivity contribution is 5.74. The minimum Gasteiger partial charge on any atom is -0.427 e. The Kier molecular flexibility index (Phi) is 9.03. The molecule has 0 aromatic heterocycles. The second-order valence-corrected chi connectivity index (χ2v) is 6.04. The van der Waals surface area contributed by atoms with Gasteiger partial charge >= 0.3 is 11.9 Å². The van der Waals surface area contributed by atoms with Crippen LogP contribution >= 0.6 is 0 Å². The molecule has 0 aliphatic carbocycles. The molecule has 0 saturated heterocycles. The summed E-state index contributed by atoms with van der Waals surface area (Å²) >= 11 is 0. The normalized spacial score (nSPS) is 10.6. The minimum absolute atomic E-state index is 0.176. The highest BCUT2D eigenvalue weighted by atomic mass is 16.5. The van der Waals surface area contributed by atoms with Crippen LogP contribution in [0.15, 0.2) is 24.3 Å². The third-order valence-electron chi connectivity index (χ3n) is 3.48. The molecule has 0 amide bonds. The van der Waals surface area contributed by atoms with Crippen molar-refractivity contribution in [3.05, 3.63) is 24.3 Å². The van der Waals surface area contributed by atoms with E-state index in [1.165, 1.54) is 25.7 Å². The fourth-order valence-corrected chi connectivity index (χ4v) is 2.04. The number of rotatable bonds is 10. The number of unbranched alkanes of at least 4 members (excludes halogenated alkanes) is 5. The van der Waals surface area contributed by atoms with E-state index in [0.29, 0.717) is 17.9 Å². The van der Waals surface area contributed by atoms with Gasteiger partial charge in [-0.25, -0.2) is 0 Å². The smallest absolute Gasteiger partial charge is 0.313 e. The van der Waals surface area contributed by atoms with Gasteiger partial charge in [0.25, 0.3) is 0 Å². The predicted octanol–water partition coefficient (Wildman–Crippen LogP) is 4.90. The lowest BCUT2D eigenvalue weighted by Gasteiger charge is -2.08. The highest BCUT2D eigenvalue weighted by Gasteiger charge is 2.10. The van der Waals surface area contributed by atoms with Crippen LogP contribution in [-0.4, -0.2) is 11.9 Å². The van der Waals surface area contributed by atoms with Crippen molar-refractivity contribution in [2.45, 2.75) is 65.7 Å². The third-order valence-corrected chi connectivity index (χ3v) is 3.48. The molecule has 0 saturated carbocycles. The topological polar surface area (TPSA) is 52.6 Å². The van der Waals surface area contributed by atoms with Gasteiger partial charge in [0.05, 0.1) is 5.92 Å². The van der Waals surface area contributed by atoms with Gasteiger partial charge in [-0.1, -0.05) is 52.9 Å². The number of benzene rings is 1. The maximum atomic E-state index is 11.7. The molecule has 0 spiro atoms. The first-order valence-electron chi connectivity index (χ1n) is 8.55. The summed E-state index contributed by atoms with van der Waals surface area (Å²) in [6.45, 7) is 5.74. The van der Waals surface area contributed by atoms with E-state index >= 15 is 0 Å². The van der Waals surface area contributed by atoms with E-state index in [9.17, 15) is 9.59 Å². The summed E-state index contributed by atoms with van der Waals surface area (Å²) in [6, 6.07) is 6.55. The Morgan fingerprint density at radius 3 is 1.96 bits per heavy atom. The molecule has 0 unspecified atom stereocenters. The zero-order chi connectivity index (χ0) is 17.1. The van der Waals surface area contributed by atoms with Crippen LogP contribution in [0.2, 0.25) is 0 Å². The summed E-state index contributed by atoms with van der Waals surface area (Å²) in [5.41, 5.74) is 0. The Hall–Kier alpha value is -1.84. The number of carbonyl (C=O) groups excluding carboxylic acids is 2. The Morgan fingerprint density at radius 1 is 0.870 bits per heavy atom. The average molecular weight is 320 g/mol. The molecule has 4 heteroatoms. The van der Waals surface area contributed by atoms with Crippen molar-refractivity contribution in [3.8, 4) is 11.5 Å². The third kappa shape index (κ3) is 8.38. The van der Waals surface area contributed by atoms with Crippen molar-refractivity contribution < 1.29 is 19.1 Å². The fourth-order valence-electron chi connectivity index (χ4n) is 2.04. The molecule has 1 aromatic carbocycles. The molecule has 0 atom stereocenters. The second-order valence-electron chi connectivity index (χ2n) is 6.04. The van der Waals surface area contributed by atoms with Crippen LogP contribution in [0, 0.1) is 5.92 Å². The minimum atomic E-state index is -0.280. The van der Waals surface area contributed by atoms with Crippen molar-refractivity contribution in [2.24, 2.45) is 5.92 Å². The molecule has 0 radical (unpaired) electrons. The first-order chi connectivity index (χ1) is 11.0. The Morgan fingerprint density at radius 2 is 1.39 bits per heavy atom. The molecule has 128 valence electrons. The van der Waals surface area contributed by atoms with Crippen molar-refractivity contribution >= 4 is 11.9 Å². The van der Waals surface area contributed by atoms with E-state index in [-0.39, 0.29) is 17.9 Å². The molecular formula is C19H28O4. The Bertz CT molecular complexity index is 477. The van der Waals surface area contributed by atoms with Crippen molar-refractivity contribution in [2.75, 3.05) is 0 Å². The molecule has 0 heterocycles. The zero-order valence-electron chi connectivity index (χ0n) is 14.5. The van der Waals surface area contributed by atoms with Crippen LogP contribution in [0.3, 0.4) is 0 Å². The molecule has 0 aliphatic rings. The number of hydrogen-bond acceptors (Lipinski definition) is 4. The largest absolute Gasteiger partial charge is 0.427 e. The van der Waals surface area contributed by atoms with E-state index in [2.05, 4.69) is 6.92 Å². The van der Waals surface area contributed by atoms with Crippen LogP contribution in [-0.2, 0) is 9.59 Å². The molecule has 0 N–H and O–H groups in total. The molecule has 1 aromatic rings. The van der Waals surface area contributed by atoms with E-state index in [4.69, 9.17) is 9.47 Å². The molecule has 23 heavy (non-hydrogen) atoms. The van der Waals surface area contributed by atoms with Gasteiger partial charge < -0.3 is 9.47 Å². The Balaban J connectivity index is 2.28. The monoisotopic (exact) mass is 320 g/mol. The molecular weight excluding hydrogens is 292 g/mol. The van der Waals surface area contributed by atoms with Crippen molar-refractivity contribution in [1.82, 2.24) is 0 Å². The number of carbonyl (C=O) groups is 2. The van der Waals surface area contributed by atoms with E-state index in [1.807, 2.05) is 0 Å². The van der Waals surface area contributed by atoms with Gasteiger partial charge in [-0.3, -0.25) is 9.59 Å². The SMILES string of the molecule is CCCCCCCCC(=O)Oc1ccc(OC(=O)C(C)C)cc1. The lowest BCUT2D eigenvalue weighted by molar-refractivity contribution is -0.138. The molecule has 4 nitrogen and oxygen atoms in total. The van der Waals surface area contributed by atoms with Gasteiger partial charge in [-0.15, -0.1) is 0 Å². The lowest BCUT2D eigenvalue weighted by atomic mass is 10.1. The number of hydrogen-bond donors (Lipinski definition) is 0. The zero-order valence-corrected chi connectivity index (χ0v) is 14.5. The predicted molar refractivity (Wildman–Crippen MR) is 90.5 cm³/mol. The maximum Gasteiger partial charge on any atom is 0.313 e. The standard InChI is InChI=1S/C19H28O4/c1-4-5-6-7-8-9-10-18(20)22-16-11-13-17(14-12-16)23-19(21)15(2)3/h11-15H,4-10H2,1-3H3. The second kappa shape index (κ2) is 10.8. The molecule has 0 aliphatic heterocycles. The summed E-state index contributed by atoms with van der Waals surface area (Å²) < 4.78 is 10.4. The van der Waals surface area contributed by atoms with Gasteiger partial charge in [0.2, 0.25) is 0 Å². The van der Waals surface area contributed by atoms with Crippen LogP contribution < -0.4 is 9.47 Å². The van der Waals surface area contributed by atoms with Crippen molar-refractivity contribution in [3.63, 3.8) is 0 Å². The highest BCUT2D eigenvalue weighted by Crippen LogP contribution is 2.19. The van der Waals surface area contributed by atoms with Crippen LogP contribution in [0.5, 0.6) is 11.5 Å². The molecule has 0 fully saturated rings. The van der Waals surface area contributed by atoms with Crippen LogP contribution in [0.1, 0.15) is 65.7 Å². The van der Waals surface area contributed by atoms with Gasteiger partial charge in [-0.05, 0) is 30.7 Å². The van der Waals surface area contributed by atoms with Gasteiger partial charge in [0.1, 0.15) is 11.5 Å². The lowest BCUT2D eigenvalue weighted by Crippen LogP contribution is -2.14. The molecule has 0 bridgehead atoms. The van der Waals surface area contributed by atoms with Crippen LogP contribution in [0.4, 0.5) is 0 Å². The Labute approximate surface area is 139 Å². The van der Waals surface area contributed by atoms with Crippen LogP contribution in [0.25, 0.3) is 0 Å². The van der Waals surface area contributed by atoms with E-state index in [0.717, 1.165) is 12.8 Å². The average Bonchev–Trinajstić information content (AvgIpc) is 2.52. The number of ether oxygens (including phenoxy) is 2. The van der Waals surface area contributed by atoms with Gasteiger partial charge in [0, 0.05) is 6.42 Å². The first kappa shape index (κ1) is 19.2. The number of esters is 2. The van der Waals surface area contributed by atoms with Crippen molar-refractivity contribution in [1.29, 1.82) is 0 Å². The first-order valence-corrected chi connectivity index (χ1v) is 8.55. The summed E-state index contributed by atoms with van der Waals surface area (Å²) in [6.07, 6.45) is 7.28. The summed E-state index contributed by atoms with van der Waals surface area (Å²) in [5, 5.41) is 0. The van der Waals surface area contributed by atoms with Gasteiger partial charge in [-0.2, -0.15) is 0 Å². The summed E-state index contributed by atoms with van der Waals surface area (Å²) in [4.78, 5) is 23.2. The van der Waals surface area contributed by atoms with E-state index in [1.54, 1.807) is 38.1 Å². The summed E-state index contributed by atoms with van der Waals surface area (Å²) in [7, 11) is 0.